The molecular weight excluding hydrogens is 402 g/mol. The van der Waals surface area contributed by atoms with E-state index in [0.717, 1.165) is 51.3 Å². The van der Waals surface area contributed by atoms with Gasteiger partial charge in [0.2, 0.25) is 11.8 Å². The molecule has 0 N–H and O–H groups in total. The minimum absolute atomic E-state index is 0.000981. The van der Waals surface area contributed by atoms with Gasteiger partial charge in [-0.1, -0.05) is 17.7 Å². The lowest BCUT2D eigenvalue weighted by molar-refractivity contribution is -0.137. The summed E-state index contributed by atoms with van der Waals surface area (Å²) in [6.45, 7) is 9.38. The second kappa shape index (κ2) is 9.25. The van der Waals surface area contributed by atoms with Gasteiger partial charge in [-0.15, -0.1) is 0 Å². The summed E-state index contributed by atoms with van der Waals surface area (Å²) in [4.78, 5) is 31.8. The molecule has 0 aromatic heterocycles. The highest BCUT2D eigenvalue weighted by Gasteiger charge is 2.38. The molecule has 6 nitrogen and oxygen atoms in total. The Hall–Kier alpha value is -1.63. The quantitative estimate of drug-likeness (QED) is 0.732. The molecular formula is C23H32ClN3O3. The zero-order valence-corrected chi connectivity index (χ0v) is 18.7. The highest BCUT2D eigenvalue weighted by Crippen LogP contribution is 2.29. The molecule has 1 aromatic rings. The number of rotatable bonds is 4. The molecule has 3 heterocycles. The largest absolute Gasteiger partial charge is 0.373 e. The lowest BCUT2D eigenvalue weighted by Crippen LogP contribution is -2.49. The number of halogens is 1. The fraction of sp³-hybridized carbons (Fsp3) is 0.652. The van der Waals surface area contributed by atoms with Crippen LogP contribution in [0.15, 0.2) is 24.3 Å². The maximum absolute atomic E-state index is 13.1. The van der Waals surface area contributed by atoms with Crippen molar-refractivity contribution in [2.24, 2.45) is 11.8 Å². The maximum atomic E-state index is 13.1. The lowest BCUT2D eigenvalue weighted by atomic mass is 9.94. The average molecular weight is 434 g/mol. The van der Waals surface area contributed by atoms with Crippen molar-refractivity contribution in [3.05, 3.63) is 29.3 Å². The number of hydrogen-bond donors (Lipinski definition) is 0. The Labute approximate surface area is 184 Å². The molecule has 3 aliphatic rings. The van der Waals surface area contributed by atoms with Crippen LogP contribution >= 0.6 is 11.6 Å². The van der Waals surface area contributed by atoms with Gasteiger partial charge in [0, 0.05) is 56.4 Å². The molecule has 3 atom stereocenters. The van der Waals surface area contributed by atoms with Crippen LogP contribution in [0.5, 0.6) is 0 Å². The van der Waals surface area contributed by atoms with E-state index in [9.17, 15) is 9.59 Å². The molecule has 3 fully saturated rings. The number of amides is 2. The molecule has 4 rings (SSSR count). The van der Waals surface area contributed by atoms with Crippen LogP contribution in [0.3, 0.4) is 0 Å². The smallest absolute Gasteiger partial charge is 0.228 e. The van der Waals surface area contributed by atoms with E-state index >= 15 is 0 Å². The van der Waals surface area contributed by atoms with Crippen LogP contribution < -0.4 is 4.90 Å². The van der Waals surface area contributed by atoms with E-state index in [1.54, 1.807) is 17.0 Å². The Balaban J connectivity index is 1.28. The van der Waals surface area contributed by atoms with Crippen molar-refractivity contribution in [3.63, 3.8) is 0 Å². The minimum atomic E-state index is -0.256. The van der Waals surface area contributed by atoms with Gasteiger partial charge >= 0.3 is 0 Å². The standard InChI is InChI=1S/C23H32ClN3O3/c1-16-12-25(13-17(2)30-16)14-18-6-8-26(9-7-18)23(29)19-10-22(28)27(15-19)21-5-3-4-20(24)11-21/h3-5,11,16-19H,6-10,12-15H2,1-2H3. The number of hydrogen-bond acceptors (Lipinski definition) is 4. The highest BCUT2D eigenvalue weighted by molar-refractivity contribution is 6.31. The number of carbonyl (C=O) groups excluding carboxylic acids is 2. The summed E-state index contributed by atoms with van der Waals surface area (Å²) in [5.41, 5.74) is 0.774. The number of piperidine rings is 1. The molecule has 2 amide bonds. The summed E-state index contributed by atoms with van der Waals surface area (Å²) in [6, 6.07) is 7.28. The third-order valence-electron chi connectivity index (χ3n) is 6.53. The molecule has 3 aliphatic heterocycles. The van der Waals surface area contributed by atoms with Gasteiger partial charge in [0.15, 0.2) is 0 Å². The van der Waals surface area contributed by atoms with Crippen LogP contribution in [0.25, 0.3) is 0 Å². The first kappa shape index (κ1) is 21.6. The molecule has 3 saturated heterocycles. The van der Waals surface area contributed by atoms with E-state index in [1.807, 2.05) is 17.0 Å². The molecule has 164 valence electrons. The van der Waals surface area contributed by atoms with Crippen molar-refractivity contribution in [1.82, 2.24) is 9.80 Å². The van der Waals surface area contributed by atoms with Crippen molar-refractivity contribution in [2.45, 2.75) is 45.3 Å². The number of morpholine rings is 1. The van der Waals surface area contributed by atoms with Crippen LogP contribution in [-0.2, 0) is 14.3 Å². The van der Waals surface area contributed by atoms with E-state index in [0.29, 0.717) is 17.5 Å². The van der Waals surface area contributed by atoms with Crippen molar-refractivity contribution in [1.29, 1.82) is 0 Å². The zero-order chi connectivity index (χ0) is 21.3. The van der Waals surface area contributed by atoms with Crippen LogP contribution in [0.2, 0.25) is 5.02 Å². The molecule has 7 heteroatoms. The number of benzene rings is 1. The molecule has 0 radical (unpaired) electrons. The monoisotopic (exact) mass is 433 g/mol. The Morgan fingerprint density at radius 1 is 1.13 bits per heavy atom. The van der Waals surface area contributed by atoms with Gasteiger partial charge in [-0.2, -0.15) is 0 Å². The maximum Gasteiger partial charge on any atom is 0.228 e. The second-order valence-electron chi connectivity index (χ2n) is 9.13. The topological polar surface area (TPSA) is 53.1 Å². The van der Waals surface area contributed by atoms with Gasteiger partial charge in [0.25, 0.3) is 0 Å². The molecule has 1 aromatic carbocycles. The summed E-state index contributed by atoms with van der Waals surface area (Å²) >= 11 is 6.07. The van der Waals surface area contributed by atoms with E-state index in [2.05, 4.69) is 18.7 Å². The summed E-state index contributed by atoms with van der Waals surface area (Å²) in [7, 11) is 0. The van der Waals surface area contributed by atoms with Crippen LogP contribution in [0.4, 0.5) is 5.69 Å². The molecule has 3 unspecified atom stereocenters. The third-order valence-corrected chi connectivity index (χ3v) is 6.77. The van der Waals surface area contributed by atoms with Gasteiger partial charge in [0.1, 0.15) is 0 Å². The molecule has 0 aliphatic carbocycles. The number of nitrogens with zero attached hydrogens (tertiary/aromatic N) is 3. The number of anilines is 1. The number of likely N-dealkylation sites (tertiary alicyclic amines) is 1. The van der Waals surface area contributed by atoms with Gasteiger partial charge in [0.05, 0.1) is 18.1 Å². The molecule has 0 bridgehead atoms. The van der Waals surface area contributed by atoms with Crippen LogP contribution in [0, 0.1) is 11.8 Å². The van der Waals surface area contributed by atoms with Crippen LogP contribution in [0.1, 0.15) is 33.1 Å². The van der Waals surface area contributed by atoms with Gasteiger partial charge in [-0.25, -0.2) is 0 Å². The lowest BCUT2D eigenvalue weighted by Gasteiger charge is -2.39. The number of carbonyl (C=O) groups is 2. The Morgan fingerprint density at radius 3 is 2.50 bits per heavy atom. The first-order valence-electron chi connectivity index (χ1n) is 11.1. The Bertz CT molecular complexity index is 771. The summed E-state index contributed by atoms with van der Waals surface area (Å²) in [6.07, 6.45) is 2.93. The van der Waals surface area contributed by atoms with Crippen molar-refractivity contribution in [2.75, 3.05) is 44.2 Å². The van der Waals surface area contributed by atoms with Gasteiger partial charge in [-0.05, 0) is 50.8 Å². The van der Waals surface area contributed by atoms with E-state index < -0.39 is 0 Å². The summed E-state index contributed by atoms with van der Waals surface area (Å²) in [5, 5.41) is 0.598. The van der Waals surface area contributed by atoms with Crippen LogP contribution in [-0.4, -0.2) is 73.1 Å². The third kappa shape index (κ3) is 4.98. The van der Waals surface area contributed by atoms with Crippen molar-refractivity contribution < 1.29 is 14.3 Å². The fourth-order valence-corrected chi connectivity index (χ4v) is 5.34. The van der Waals surface area contributed by atoms with E-state index in [1.165, 1.54) is 0 Å². The highest BCUT2D eigenvalue weighted by atomic mass is 35.5. The zero-order valence-electron chi connectivity index (χ0n) is 17.9. The summed E-state index contributed by atoms with van der Waals surface area (Å²) in [5.74, 6) is 0.495. The Morgan fingerprint density at radius 2 is 1.83 bits per heavy atom. The van der Waals surface area contributed by atoms with Crippen molar-refractivity contribution in [3.8, 4) is 0 Å². The fourth-order valence-electron chi connectivity index (χ4n) is 5.16. The van der Waals surface area contributed by atoms with Gasteiger partial charge < -0.3 is 14.5 Å². The predicted octanol–water partition coefficient (Wildman–Crippen LogP) is 3.04. The van der Waals surface area contributed by atoms with Crippen molar-refractivity contribution >= 4 is 29.1 Å². The first-order valence-corrected chi connectivity index (χ1v) is 11.5. The minimum Gasteiger partial charge on any atom is -0.373 e. The first-order chi connectivity index (χ1) is 14.4. The summed E-state index contributed by atoms with van der Waals surface area (Å²) < 4.78 is 5.83. The SMILES string of the molecule is CC1CN(CC2CCN(C(=O)C3CC(=O)N(c4cccc(Cl)c4)C3)CC2)CC(C)O1. The van der Waals surface area contributed by atoms with Gasteiger partial charge in [-0.3, -0.25) is 14.5 Å². The van der Waals surface area contributed by atoms with E-state index in [4.69, 9.17) is 16.3 Å². The average Bonchev–Trinajstić information content (AvgIpc) is 3.09. The number of ether oxygens (including phenoxy) is 1. The Kier molecular flexibility index (Phi) is 6.66. The van der Waals surface area contributed by atoms with E-state index in [-0.39, 0.29) is 36.4 Å². The predicted molar refractivity (Wildman–Crippen MR) is 118 cm³/mol. The molecule has 30 heavy (non-hydrogen) atoms. The molecule has 0 saturated carbocycles. The normalized spacial score (nSPS) is 28.9. The second-order valence-corrected chi connectivity index (χ2v) is 9.57. The molecule has 0 spiro atoms.